The van der Waals surface area contributed by atoms with Gasteiger partial charge in [0.2, 0.25) is 5.91 Å². The summed E-state index contributed by atoms with van der Waals surface area (Å²) in [6.07, 6.45) is 3.73. The highest BCUT2D eigenvalue weighted by Gasteiger charge is 2.11. The first-order valence-corrected chi connectivity index (χ1v) is 8.60. The van der Waals surface area contributed by atoms with Crippen LogP contribution < -0.4 is 5.32 Å². The minimum Gasteiger partial charge on any atom is -0.350 e. The Labute approximate surface area is 157 Å². The highest BCUT2D eigenvalue weighted by molar-refractivity contribution is 6.35. The SMILES string of the molecule is CC(=O)N(CCNC(=O)c1cccnc1)CCc1ccc(Cl)cc1Cl. The zero-order chi connectivity index (χ0) is 18.2. The van der Waals surface area contributed by atoms with Crippen LogP contribution in [-0.2, 0) is 11.2 Å². The Kier molecular flexibility index (Phi) is 7.22. The largest absolute Gasteiger partial charge is 0.350 e. The zero-order valence-electron chi connectivity index (χ0n) is 13.8. The van der Waals surface area contributed by atoms with Crippen LogP contribution in [0, 0.1) is 0 Å². The minimum atomic E-state index is -0.211. The number of carbonyl (C=O) groups excluding carboxylic acids is 2. The molecule has 0 aliphatic carbocycles. The summed E-state index contributed by atoms with van der Waals surface area (Å²) < 4.78 is 0. The van der Waals surface area contributed by atoms with Gasteiger partial charge in [0.15, 0.2) is 0 Å². The van der Waals surface area contributed by atoms with Crippen molar-refractivity contribution >= 4 is 35.0 Å². The highest BCUT2D eigenvalue weighted by atomic mass is 35.5. The Morgan fingerprint density at radius 3 is 2.64 bits per heavy atom. The molecule has 0 saturated carbocycles. The number of pyridine rings is 1. The third-order valence-corrected chi connectivity index (χ3v) is 4.29. The van der Waals surface area contributed by atoms with E-state index in [4.69, 9.17) is 23.2 Å². The number of carbonyl (C=O) groups is 2. The maximum absolute atomic E-state index is 12.0. The van der Waals surface area contributed by atoms with Crippen LogP contribution in [0.5, 0.6) is 0 Å². The van der Waals surface area contributed by atoms with E-state index in [-0.39, 0.29) is 11.8 Å². The molecule has 1 aromatic heterocycles. The van der Waals surface area contributed by atoms with Crippen molar-refractivity contribution in [2.24, 2.45) is 0 Å². The number of halogens is 2. The maximum Gasteiger partial charge on any atom is 0.252 e. The normalized spacial score (nSPS) is 10.4. The smallest absolute Gasteiger partial charge is 0.252 e. The molecule has 0 unspecified atom stereocenters. The Bertz CT molecular complexity index is 738. The van der Waals surface area contributed by atoms with Crippen LogP contribution in [0.15, 0.2) is 42.7 Å². The molecule has 0 bridgehead atoms. The first-order valence-electron chi connectivity index (χ1n) is 7.85. The van der Waals surface area contributed by atoms with Crippen LogP contribution in [0.1, 0.15) is 22.8 Å². The topological polar surface area (TPSA) is 62.3 Å². The monoisotopic (exact) mass is 379 g/mol. The van der Waals surface area contributed by atoms with Crippen LogP contribution >= 0.6 is 23.2 Å². The van der Waals surface area contributed by atoms with Gasteiger partial charge < -0.3 is 10.2 Å². The van der Waals surface area contributed by atoms with Crippen LogP contribution in [0.4, 0.5) is 0 Å². The van der Waals surface area contributed by atoms with Crippen LogP contribution in [0.2, 0.25) is 10.0 Å². The second-order valence-corrected chi connectivity index (χ2v) is 6.33. The molecule has 0 radical (unpaired) electrons. The Hall–Kier alpha value is -2.11. The van der Waals surface area contributed by atoms with Gasteiger partial charge in [-0.1, -0.05) is 29.3 Å². The van der Waals surface area contributed by atoms with E-state index in [1.54, 1.807) is 35.4 Å². The average molecular weight is 380 g/mol. The van der Waals surface area contributed by atoms with Crippen molar-refractivity contribution in [3.63, 3.8) is 0 Å². The number of benzene rings is 1. The van der Waals surface area contributed by atoms with E-state index in [1.807, 2.05) is 6.07 Å². The number of nitrogens with one attached hydrogen (secondary N) is 1. The van der Waals surface area contributed by atoms with Gasteiger partial charge in [0, 0.05) is 49.0 Å². The molecule has 2 amide bonds. The molecule has 132 valence electrons. The molecule has 25 heavy (non-hydrogen) atoms. The summed E-state index contributed by atoms with van der Waals surface area (Å²) in [5.74, 6) is -0.266. The second-order valence-electron chi connectivity index (χ2n) is 5.49. The van der Waals surface area contributed by atoms with E-state index in [0.717, 1.165) is 5.56 Å². The third-order valence-electron chi connectivity index (χ3n) is 3.70. The summed E-state index contributed by atoms with van der Waals surface area (Å²) in [4.78, 5) is 29.3. The van der Waals surface area contributed by atoms with Gasteiger partial charge in [-0.15, -0.1) is 0 Å². The molecular formula is C18H19Cl2N3O2. The van der Waals surface area contributed by atoms with Gasteiger partial charge in [-0.3, -0.25) is 14.6 Å². The second kappa shape index (κ2) is 9.39. The molecule has 0 fully saturated rings. The highest BCUT2D eigenvalue weighted by Crippen LogP contribution is 2.21. The molecule has 1 heterocycles. The Morgan fingerprint density at radius 2 is 2.00 bits per heavy atom. The summed E-state index contributed by atoms with van der Waals surface area (Å²) >= 11 is 12.0. The average Bonchev–Trinajstić information content (AvgIpc) is 2.59. The van der Waals surface area contributed by atoms with Crippen molar-refractivity contribution in [2.45, 2.75) is 13.3 Å². The predicted molar refractivity (Wildman–Crippen MR) is 99.0 cm³/mol. The van der Waals surface area contributed by atoms with E-state index in [2.05, 4.69) is 10.3 Å². The first kappa shape index (κ1) is 19.2. The Morgan fingerprint density at radius 1 is 1.20 bits per heavy atom. The number of nitrogens with zero attached hydrogens (tertiary/aromatic N) is 2. The standard InChI is InChI=1S/C18H19Cl2N3O2/c1-13(24)23(9-6-14-4-5-16(19)11-17(14)20)10-8-22-18(25)15-3-2-7-21-12-15/h2-5,7,11-12H,6,8-10H2,1H3,(H,22,25). The van der Waals surface area contributed by atoms with Gasteiger partial charge >= 0.3 is 0 Å². The quantitative estimate of drug-likeness (QED) is 0.803. The molecule has 0 aliphatic rings. The summed E-state index contributed by atoms with van der Waals surface area (Å²) in [5.41, 5.74) is 1.42. The van der Waals surface area contributed by atoms with Gasteiger partial charge in [-0.05, 0) is 36.2 Å². The molecule has 1 aromatic carbocycles. The fourth-order valence-corrected chi connectivity index (χ4v) is 2.81. The van der Waals surface area contributed by atoms with Crippen molar-refractivity contribution in [1.29, 1.82) is 0 Å². The zero-order valence-corrected chi connectivity index (χ0v) is 15.3. The van der Waals surface area contributed by atoms with Gasteiger partial charge in [0.1, 0.15) is 0 Å². The molecule has 2 aromatic rings. The van der Waals surface area contributed by atoms with Crippen molar-refractivity contribution in [2.75, 3.05) is 19.6 Å². The maximum atomic E-state index is 12.0. The fraction of sp³-hybridized carbons (Fsp3) is 0.278. The van der Waals surface area contributed by atoms with Crippen molar-refractivity contribution in [1.82, 2.24) is 15.2 Å². The summed E-state index contributed by atoms with van der Waals surface area (Å²) in [6, 6.07) is 8.70. The molecular weight excluding hydrogens is 361 g/mol. The van der Waals surface area contributed by atoms with Crippen LogP contribution in [0.3, 0.4) is 0 Å². The van der Waals surface area contributed by atoms with E-state index in [0.29, 0.717) is 41.7 Å². The van der Waals surface area contributed by atoms with Crippen molar-refractivity contribution in [3.8, 4) is 0 Å². The molecule has 7 heteroatoms. The van der Waals surface area contributed by atoms with Crippen molar-refractivity contribution < 1.29 is 9.59 Å². The number of hydrogen-bond acceptors (Lipinski definition) is 3. The lowest BCUT2D eigenvalue weighted by atomic mass is 10.1. The lowest BCUT2D eigenvalue weighted by molar-refractivity contribution is -0.128. The van der Waals surface area contributed by atoms with E-state index in [9.17, 15) is 9.59 Å². The number of hydrogen-bond donors (Lipinski definition) is 1. The van der Waals surface area contributed by atoms with Gasteiger partial charge in [0.25, 0.3) is 5.91 Å². The van der Waals surface area contributed by atoms with Crippen LogP contribution in [-0.4, -0.2) is 41.3 Å². The summed E-state index contributed by atoms with van der Waals surface area (Å²) in [5, 5.41) is 3.95. The number of aromatic nitrogens is 1. The molecule has 0 spiro atoms. The van der Waals surface area contributed by atoms with E-state index >= 15 is 0 Å². The van der Waals surface area contributed by atoms with Gasteiger partial charge in [0.05, 0.1) is 5.56 Å². The van der Waals surface area contributed by atoms with Gasteiger partial charge in [-0.25, -0.2) is 0 Å². The third kappa shape index (κ3) is 6.03. The molecule has 0 saturated heterocycles. The summed E-state index contributed by atoms with van der Waals surface area (Å²) in [7, 11) is 0. The van der Waals surface area contributed by atoms with Crippen molar-refractivity contribution in [3.05, 3.63) is 63.9 Å². The van der Waals surface area contributed by atoms with Crippen LogP contribution in [0.25, 0.3) is 0 Å². The molecule has 0 aliphatic heterocycles. The Balaban J connectivity index is 1.84. The molecule has 5 nitrogen and oxygen atoms in total. The summed E-state index contributed by atoms with van der Waals surface area (Å²) in [6.45, 7) is 2.81. The number of rotatable bonds is 7. The van der Waals surface area contributed by atoms with E-state index in [1.165, 1.54) is 13.1 Å². The fourth-order valence-electron chi connectivity index (χ4n) is 2.31. The minimum absolute atomic E-state index is 0.0549. The van der Waals surface area contributed by atoms with E-state index < -0.39 is 0 Å². The molecule has 1 N–H and O–H groups in total. The van der Waals surface area contributed by atoms with Gasteiger partial charge in [-0.2, -0.15) is 0 Å². The lowest BCUT2D eigenvalue weighted by Gasteiger charge is -2.21. The molecule has 2 rings (SSSR count). The first-order chi connectivity index (χ1) is 12.0. The lowest BCUT2D eigenvalue weighted by Crippen LogP contribution is -2.38. The number of amides is 2. The predicted octanol–water partition coefficient (Wildman–Crippen LogP) is 3.21. The molecule has 0 atom stereocenters.